The summed E-state index contributed by atoms with van der Waals surface area (Å²) in [5, 5.41) is 11.6. The zero-order chi connectivity index (χ0) is 14.3. The van der Waals surface area contributed by atoms with E-state index in [1.54, 1.807) is 20.3 Å². The van der Waals surface area contributed by atoms with Crippen LogP contribution in [0.1, 0.15) is 11.1 Å². The van der Waals surface area contributed by atoms with Crippen molar-refractivity contribution in [2.24, 2.45) is 0 Å². The van der Waals surface area contributed by atoms with E-state index in [1.807, 2.05) is 19.1 Å². The van der Waals surface area contributed by atoms with E-state index in [0.717, 1.165) is 28.7 Å². The standard InChI is InChI=1S/C14H19NO4/c1-10-12(18-2)7-6-11(14(10)19-3)9-15-8-4-5-13(16)17/h4-7,15H,8-9H2,1-3H3,(H,16,17)/b5-4+. The highest BCUT2D eigenvalue weighted by molar-refractivity contribution is 5.79. The number of ether oxygens (including phenoxy) is 2. The van der Waals surface area contributed by atoms with Gasteiger partial charge in [0.05, 0.1) is 14.2 Å². The number of carbonyl (C=O) groups is 1. The van der Waals surface area contributed by atoms with Crippen molar-refractivity contribution in [3.05, 3.63) is 35.4 Å². The third-order valence-electron chi connectivity index (χ3n) is 2.70. The third-order valence-corrected chi connectivity index (χ3v) is 2.70. The summed E-state index contributed by atoms with van der Waals surface area (Å²) in [5.74, 6) is 0.625. The van der Waals surface area contributed by atoms with Crippen molar-refractivity contribution >= 4 is 5.97 Å². The summed E-state index contributed by atoms with van der Waals surface area (Å²) in [6.07, 6.45) is 2.68. The summed E-state index contributed by atoms with van der Waals surface area (Å²) >= 11 is 0. The minimum absolute atomic E-state index is 0.487. The minimum Gasteiger partial charge on any atom is -0.496 e. The topological polar surface area (TPSA) is 67.8 Å². The molecule has 0 radical (unpaired) electrons. The van der Waals surface area contributed by atoms with E-state index in [0.29, 0.717) is 13.1 Å². The predicted octanol–water partition coefficient (Wildman–Crippen LogP) is 1.74. The molecule has 1 rings (SSSR count). The van der Waals surface area contributed by atoms with Crippen LogP contribution in [-0.4, -0.2) is 31.8 Å². The second-order valence-corrected chi connectivity index (χ2v) is 3.96. The summed E-state index contributed by atoms with van der Waals surface area (Å²) in [5.41, 5.74) is 1.95. The van der Waals surface area contributed by atoms with Gasteiger partial charge in [-0.1, -0.05) is 12.1 Å². The van der Waals surface area contributed by atoms with Crippen LogP contribution in [0.5, 0.6) is 11.5 Å². The monoisotopic (exact) mass is 265 g/mol. The molecule has 1 aromatic rings. The molecule has 0 bridgehead atoms. The first-order chi connectivity index (χ1) is 9.10. The Bertz CT molecular complexity index is 469. The molecule has 0 amide bonds. The average Bonchev–Trinajstić information content (AvgIpc) is 2.38. The molecule has 0 aliphatic rings. The fourth-order valence-electron chi connectivity index (χ4n) is 1.82. The van der Waals surface area contributed by atoms with Crippen molar-refractivity contribution < 1.29 is 19.4 Å². The lowest BCUT2D eigenvalue weighted by atomic mass is 10.1. The van der Waals surface area contributed by atoms with Crippen molar-refractivity contribution in [2.75, 3.05) is 20.8 Å². The highest BCUT2D eigenvalue weighted by Crippen LogP contribution is 2.31. The van der Waals surface area contributed by atoms with E-state index in [4.69, 9.17) is 14.6 Å². The summed E-state index contributed by atoms with van der Waals surface area (Å²) in [6.45, 7) is 3.02. The second-order valence-electron chi connectivity index (χ2n) is 3.96. The molecule has 0 fully saturated rings. The highest BCUT2D eigenvalue weighted by atomic mass is 16.5. The number of carboxylic acids is 1. The molecule has 5 nitrogen and oxygen atoms in total. The number of methoxy groups -OCH3 is 2. The van der Waals surface area contributed by atoms with Crippen molar-refractivity contribution in [1.82, 2.24) is 5.32 Å². The molecule has 0 saturated heterocycles. The van der Waals surface area contributed by atoms with Gasteiger partial charge in [-0.25, -0.2) is 4.79 Å². The molecule has 0 spiro atoms. The molecule has 0 saturated carbocycles. The van der Waals surface area contributed by atoms with Gasteiger partial charge in [-0.15, -0.1) is 0 Å². The van der Waals surface area contributed by atoms with E-state index >= 15 is 0 Å². The van der Waals surface area contributed by atoms with Crippen LogP contribution in [0, 0.1) is 6.92 Å². The first-order valence-electron chi connectivity index (χ1n) is 5.90. The summed E-state index contributed by atoms with van der Waals surface area (Å²) in [6, 6.07) is 3.82. The number of aliphatic carboxylic acids is 1. The smallest absolute Gasteiger partial charge is 0.328 e. The minimum atomic E-state index is -0.945. The lowest BCUT2D eigenvalue weighted by molar-refractivity contribution is -0.131. The molecule has 0 aliphatic carbocycles. The van der Waals surface area contributed by atoms with Gasteiger partial charge in [0.15, 0.2) is 0 Å². The number of carboxylic acid groups (broad SMARTS) is 1. The maximum atomic E-state index is 10.3. The second kappa shape index (κ2) is 7.43. The molecule has 0 heterocycles. The Hall–Kier alpha value is -2.01. The number of hydrogen-bond acceptors (Lipinski definition) is 4. The van der Waals surface area contributed by atoms with E-state index in [9.17, 15) is 4.79 Å². The van der Waals surface area contributed by atoms with Gasteiger partial charge >= 0.3 is 5.97 Å². The Labute approximate surface area is 112 Å². The predicted molar refractivity (Wildman–Crippen MR) is 72.8 cm³/mol. The summed E-state index contributed by atoms with van der Waals surface area (Å²) in [7, 11) is 3.24. The number of rotatable bonds is 7. The number of nitrogens with one attached hydrogen (secondary N) is 1. The lowest BCUT2D eigenvalue weighted by Gasteiger charge is -2.14. The van der Waals surface area contributed by atoms with Crippen LogP contribution in [0.3, 0.4) is 0 Å². The van der Waals surface area contributed by atoms with Crippen molar-refractivity contribution in [2.45, 2.75) is 13.5 Å². The number of benzene rings is 1. The van der Waals surface area contributed by atoms with Gasteiger partial charge in [-0.3, -0.25) is 0 Å². The fourth-order valence-corrected chi connectivity index (χ4v) is 1.82. The molecule has 0 atom stereocenters. The van der Waals surface area contributed by atoms with Crippen LogP contribution in [0.25, 0.3) is 0 Å². The van der Waals surface area contributed by atoms with Crippen LogP contribution >= 0.6 is 0 Å². The lowest BCUT2D eigenvalue weighted by Crippen LogP contribution is -2.14. The Balaban J connectivity index is 2.68. The molecule has 1 aromatic carbocycles. The first kappa shape index (κ1) is 15.0. The van der Waals surface area contributed by atoms with Crippen molar-refractivity contribution in [3.63, 3.8) is 0 Å². The van der Waals surface area contributed by atoms with Crippen molar-refractivity contribution in [1.29, 1.82) is 0 Å². The highest BCUT2D eigenvalue weighted by Gasteiger charge is 2.10. The average molecular weight is 265 g/mol. The normalized spacial score (nSPS) is 10.7. The van der Waals surface area contributed by atoms with Crippen LogP contribution in [0.4, 0.5) is 0 Å². The SMILES string of the molecule is COc1ccc(CNC/C=C/C(=O)O)c(OC)c1C. The maximum absolute atomic E-state index is 10.3. The zero-order valence-corrected chi connectivity index (χ0v) is 11.4. The molecular weight excluding hydrogens is 246 g/mol. The Morgan fingerprint density at radius 2 is 2.11 bits per heavy atom. The molecule has 0 aromatic heterocycles. The quantitative estimate of drug-likeness (QED) is 0.580. The molecular formula is C14H19NO4. The molecule has 104 valence electrons. The van der Waals surface area contributed by atoms with Gasteiger partial charge in [0, 0.05) is 30.3 Å². The van der Waals surface area contributed by atoms with Crippen molar-refractivity contribution in [3.8, 4) is 11.5 Å². The van der Waals surface area contributed by atoms with Gasteiger partial charge in [-0.05, 0) is 13.0 Å². The van der Waals surface area contributed by atoms with Crippen LogP contribution in [0.2, 0.25) is 0 Å². The fraction of sp³-hybridized carbons (Fsp3) is 0.357. The summed E-state index contributed by atoms with van der Waals surface area (Å²) < 4.78 is 10.6. The number of hydrogen-bond donors (Lipinski definition) is 2. The molecule has 5 heteroatoms. The van der Waals surface area contributed by atoms with Gasteiger partial charge < -0.3 is 19.9 Å². The first-order valence-corrected chi connectivity index (χ1v) is 5.90. The Morgan fingerprint density at radius 3 is 2.68 bits per heavy atom. The Morgan fingerprint density at radius 1 is 1.37 bits per heavy atom. The largest absolute Gasteiger partial charge is 0.496 e. The van der Waals surface area contributed by atoms with E-state index in [1.165, 1.54) is 0 Å². The molecule has 0 aliphatic heterocycles. The van der Waals surface area contributed by atoms with Gasteiger partial charge in [-0.2, -0.15) is 0 Å². The molecule has 0 unspecified atom stereocenters. The molecule has 19 heavy (non-hydrogen) atoms. The molecule has 2 N–H and O–H groups in total. The Kier molecular flexibility index (Phi) is 5.89. The van der Waals surface area contributed by atoms with E-state index in [2.05, 4.69) is 5.32 Å². The third kappa shape index (κ3) is 4.30. The van der Waals surface area contributed by atoms with E-state index in [-0.39, 0.29) is 0 Å². The van der Waals surface area contributed by atoms with Gasteiger partial charge in [0.25, 0.3) is 0 Å². The van der Waals surface area contributed by atoms with E-state index < -0.39 is 5.97 Å². The van der Waals surface area contributed by atoms with Gasteiger partial charge in [0.2, 0.25) is 0 Å². The maximum Gasteiger partial charge on any atom is 0.328 e. The van der Waals surface area contributed by atoms with Crippen LogP contribution < -0.4 is 14.8 Å². The summed E-state index contributed by atoms with van der Waals surface area (Å²) in [4.78, 5) is 10.3. The van der Waals surface area contributed by atoms with Gasteiger partial charge in [0.1, 0.15) is 11.5 Å². The van der Waals surface area contributed by atoms with Crippen LogP contribution in [-0.2, 0) is 11.3 Å². The van der Waals surface area contributed by atoms with Crippen LogP contribution in [0.15, 0.2) is 24.3 Å². The zero-order valence-electron chi connectivity index (χ0n) is 11.4.